The first-order valence-corrected chi connectivity index (χ1v) is 9.99. The molecule has 1 unspecified atom stereocenters. The van der Waals surface area contributed by atoms with Crippen molar-refractivity contribution in [3.63, 3.8) is 0 Å². The maximum absolute atomic E-state index is 13.0. The number of nitrogens with one attached hydrogen (secondary N) is 1. The Hall–Kier alpha value is -0.610. The van der Waals surface area contributed by atoms with Crippen molar-refractivity contribution in [3.8, 4) is 0 Å². The van der Waals surface area contributed by atoms with Gasteiger partial charge in [-0.1, -0.05) is 32.6 Å². The Morgan fingerprint density at radius 1 is 1.17 bits per heavy atom. The summed E-state index contributed by atoms with van der Waals surface area (Å²) >= 11 is 0. The van der Waals surface area contributed by atoms with Crippen molar-refractivity contribution in [3.05, 3.63) is 0 Å². The number of unbranched alkanes of at least 4 members (excludes halogenated alkanes) is 1. The molecule has 2 saturated heterocycles. The highest BCUT2D eigenvalue weighted by molar-refractivity contribution is 5.89. The fourth-order valence-electron chi connectivity index (χ4n) is 4.90. The molecule has 4 nitrogen and oxygen atoms in total. The van der Waals surface area contributed by atoms with Gasteiger partial charge >= 0.3 is 0 Å². The molecule has 1 atom stereocenters. The summed E-state index contributed by atoms with van der Waals surface area (Å²) in [6.07, 6.45) is 11.5. The molecule has 1 saturated carbocycles. The normalized spacial score (nSPS) is 29.0. The molecule has 0 aromatic heterocycles. The molecule has 3 aliphatic rings. The van der Waals surface area contributed by atoms with Gasteiger partial charge in [0.15, 0.2) is 0 Å². The van der Waals surface area contributed by atoms with Gasteiger partial charge in [0, 0.05) is 26.2 Å². The lowest BCUT2D eigenvalue weighted by Crippen LogP contribution is -2.55. The van der Waals surface area contributed by atoms with Crippen LogP contribution in [-0.2, 0) is 4.79 Å². The standard InChI is InChI=1S/C19H35N3O/c1-3-5-10-17-20-19(18(23)22(17)4-2)11-13-21(14-12-19)15-16-8-6-7-9-16/h16-17,20H,3-15H2,1-2H3. The summed E-state index contributed by atoms with van der Waals surface area (Å²) < 4.78 is 0. The van der Waals surface area contributed by atoms with E-state index in [9.17, 15) is 4.79 Å². The molecule has 2 heterocycles. The number of hydrogen-bond acceptors (Lipinski definition) is 3. The lowest BCUT2D eigenvalue weighted by Gasteiger charge is -2.38. The summed E-state index contributed by atoms with van der Waals surface area (Å²) in [4.78, 5) is 17.7. The average Bonchev–Trinajstić information content (AvgIpc) is 3.15. The van der Waals surface area contributed by atoms with Crippen molar-refractivity contribution in [2.24, 2.45) is 5.92 Å². The lowest BCUT2D eigenvalue weighted by molar-refractivity contribution is -0.134. The number of likely N-dealkylation sites (N-methyl/N-ethyl adjacent to an activating group) is 1. The first kappa shape index (κ1) is 17.2. The number of likely N-dealkylation sites (tertiary alicyclic amines) is 1. The monoisotopic (exact) mass is 321 g/mol. The van der Waals surface area contributed by atoms with Gasteiger partial charge in [0.05, 0.1) is 6.17 Å². The van der Waals surface area contributed by atoms with Crippen LogP contribution in [-0.4, -0.2) is 53.6 Å². The lowest BCUT2D eigenvalue weighted by atomic mass is 9.87. The molecule has 132 valence electrons. The number of carbonyl (C=O) groups excluding carboxylic acids is 1. The Balaban J connectivity index is 1.56. The van der Waals surface area contributed by atoms with Crippen LogP contribution in [0.15, 0.2) is 0 Å². The van der Waals surface area contributed by atoms with Gasteiger partial charge in [-0.25, -0.2) is 0 Å². The van der Waals surface area contributed by atoms with Gasteiger partial charge in [-0.3, -0.25) is 10.1 Å². The zero-order valence-corrected chi connectivity index (χ0v) is 15.1. The number of hydrogen-bond donors (Lipinski definition) is 1. The van der Waals surface area contributed by atoms with Crippen LogP contribution in [0, 0.1) is 5.92 Å². The number of nitrogens with zero attached hydrogens (tertiary/aromatic N) is 2. The second kappa shape index (κ2) is 7.52. The van der Waals surface area contributed by atoms with Crippen LogP contribution in [0.1, 0.15) is 71.6 Å². The Labute approximate surface area is 142 Å². The van der Waals surface area contributed by atoms with Crippen LogP contribution < -0.4 is 5.32 Å². The Morgan fingerprint density at radius 3 is 2.48 bits per heavy atom. The molecular formula is C19H35N3O. The molecule has 4 heteroatoms. The largest absolute Gasteiger partial charge is 0.326 e. The first-order chi connectivity index (χ1) is 11.2. The van der Waals surface area contributed by atoms with Gasteiger partial charge in [0.25, 0.3) is 0 Å². The number of amides is 1. The molecule has 1 N–H and O–H groups in total. The SMILES string of the molecule is CCCCC1NC2(CCN(CC3CCCC3)CC2)C(=O)N1CC. The van der Waals surface area contributed by atoms with E-state index in [1.54, 1.807) is 0 Å². The van der Waals surface area contributed by atoms with E-state index in [4.69, 9.17) is 0 Å². The maximum Gasteiger partial charge on any atom is 0.244 e. The number of carbonyl (C=O) groups is 1. The molecule has 0 aromatic rings. The van der Waals surface area contributed by atoms with Gasteiger partial charge in [-0.2, -0.15) is 0 Å². The average molecular weight is 322 g/mol. The molecule has 1 amide bonds. The van der Waals surface area contributed by atoms with E-state index in [2.05, 4.69) is 29.0 Å². The first-order valence-electron chi connectivity index (χ1n) is 9.99. The smallest absolute Gasteiger partial charge is 0.244 e. The molecule has 0 bridgehead atoms. The molecule has 23 heavy (non-hydrogen) atoms. The Bertz CT molecular complexity index is 397. The van der Waals surface area contributed by atoms with Crippen LogP contribution in [0.25, 0.3) is 0 Å². The van der Waals surface area contributed by atoms with Crippen molar-refractivity contribution in [1.29, 1.82) is 0 Å². The van der Waals surface area contributed by atoms with E-state index < -0.39 is 0 Å². The third-order valence-electron chi connectivity index (χ3n) is 6.36. The molecule has 1 aliphatic carbocycles. The topological polar surface area (TPSA) is 35.6 Å². The number of rotatable bonds is 6. The Morgan fingerprint density at radius 2 is 1.87 bits per heavy atom. The predicted octanol–water partition coefficient (Wildman–Crippen LogP) is 2.98. The van der Waals surface area contributed by atoms with Gasteiger partial charge in [-0.15, -0.1) is 0 Å². The summed E-state index contributed by atoms with van der Waals surface area (Å²) in [6.45, 7) is 8.63. The van der Waals surface area contributed by atoms with Crippen LogP contribution in [0.4, 0.5) is 0 Å². The van der Waals surface area contributed by atoms with E-state index in [0.29, 0.717) is 5.91 Å². The summed E-state index contributed by atoms with van der Waals surface area (Å²) in [7, 11) is 0. The van der Waals surface area contributed by atoms with E-state index in [1.807, 2.05) is 0 Å². The quantitative estimate of drug-likeness (QED) is 0.817. The number of piperidine rings is 1. The van der Waals surface area contributed by atoms with Crippen molar-refractivity contribution < 1.29 is 4.79 Å². The second-order valence-electron chi connectivity index (χ2n) is 7.93. The van der Waals surface area contributed by atoms with E-state index in [-0.39, 0.29) is 11.7 Å². The van der Waals surface area contributed by atoms with Crippen molar-refractivity contribution in [2.75, 3.05) is 26.2 Å². The minimum absolute atomic E-state index is 0.249. The van der Waals surface area contributed by atoms with Crippen molar-refractivity contribution in [2.45, 2.75) is 83.3 Å². The van der Waals surface area contributed by atoms with Crippen LogP contribution in [0.3, 0.4) is 0 Å². The Kier molecular flexibility index (Phi) is 5.63. The van der Waals surface area contributed by atoms with Gasteiger partial charge in [0.1, 0.15) is 5.54 Å². The van der Waals surface area contributed by atoms with Crippen LogP contribution in [0.2, 0.25) is 0 Å². The highest BCUT2D eigenvalue weighted by atomic mass is 16.2. The third kappa shape index (κ3) is 3.58. The van der Waals surface area contributed by atoms with E-state index in [1.165, 1.54) is 45.1 Å². The van der Waals surface area contributed by atoms with E-state index >= 15 is 0 Å². The molecule has 3 rings (SSSR count). The molecule has 1 spiro atoms. The van der Waals surface area contributed by atoms with Crippen molar-refractivity contribution in [1.82, 2.24) is 15.1 Å². The third-order valence-corrected chi connectivity index (χ3v) is 6.36. The summed E-state index contributed by atoms with van der Waals surface area (Å²) in [5, 5.41) is 3.76. The van der Waals surface area contributed by atoms with Crippen LogP contribution >= 0.6 is 0 Å². The van der Waals surface area contributed by atoms with Crippen molar-refractivity contribution >= 4 is 5.91 Å². The molecule has 0 radical (unpaired) electrons. The summed E-state index contributed by atoms with van der Waals surface area (Å²) in [5.41, 5.74) is -0.249. The van der Waals surface area contributed by atoms with Gasteiger partial charge in [-0.05, 0) is 44.9 Å². The van der Waals surface area contributed by atoms with Crippen LogP contribution in [0.5, 0.6) is 0 Å². The molecule has 3 fully saturated rings. The zero-order valence-electron chi connectivity index (χ0n) is 15.1. The second-order valence-corrected chi connectivity index (χ2v) is 7.93. The maximum atomic E-state index is 13.0. The van der Waals surface area contributed by atoms with Gasteiger partial charge < -0.3 is 9.80 Å². The minimum atomic E-state index is -0.249. The van der Waals surface area contributed by atoms with Gasteiger partial charge in [0.2, 0.25) is 5.91 Å². The molecular weight excluding hydrogens is 286 g/mol. The fourth-order valence-corrected chi connectivity index (χ4v) is 4.90. The molecule has 0 aromatic carbocycles. The highest BCUT2D eigenvalue weighted by Crippen LogP contribution is 2.34. The minimum Gasteiger partial charge on any atom is -0.326 e. The fraction of sp³-hybridized carbons (Fsp3) is 0.947. The van der Waals surface area contributed by atoms with E-state index in [0.717, 1.165) is 44.8 Å². The summed E-state index contributed by atoms with van der Waals surface area (Å²) in [6, 6.07) is 0. The molecule has 2 aliphatic heterocycles. The zero-order chi connectivity index (χ0) is 16.3. The predicted molar refractivity (Wildman–Crippen MR) is 94.2 cm³/mol. The summed E-state index contributed by atoms with van der Waals surface area (Å²) in [5.74, 6) is 1.29. The highest BCUT2D eigenvalue weighted by Gasteiger charge is 2.51.